The third kappa shape index (κ3) is 3.16. The van der Waals surface area contributed by atoms with Gasteiger partial charge in [0.1, 0.15) is 0 Å². The largest absolute Gasteiger partial charge is 0.466 e. The van der Waals surface area contributed by atoms with Gasteiger partial charge in [0.25, 0.3) is 0 Å². The van der Waals surface area contributed by atoms with Crippen molar-refractivity contribution in [3.8, 4) is 0 Å². The van der Waals surface area contributed by atoms with E-state index in [1.54, 1.807) is 41.1 Å². The van der Waals surface area contributed by atoms with Gasteiger partial charge in [-0.3, -0.25) is 9.59 Å². The molecular formula is C15H19NO3S2. The Morgan fingerprint density at radius 1 is 1.57 bits per heavy atom. The summed E-state index contributed by atoms with van der Waals surface area (Å²) in [6.45, 7) is 2.10. The second kappa shape index (κ2) is 6.66. The van der Waals surface area contributed by atoms with Gasteiger partial charge in [0.05, 0.1) is 16.7 Å². The molecule has 1 aliphatic rings. The van der Waals surface area contributed by atoms with E-state index in [4.69, 9.17) is 4.74 Å². The number of thioether (sulfide) groups is 1. The number of carbonyl (C=O) groups excluding carboxylic acids is 2. The van der Waals surface area contributed by atoms with Gasteiger partial charge in [-0.25, -0.2) is 0 Å². The summed E-state index contributed by atoms with van der Waals surface area (Å²) < 4.78 is 6.15. The average molecular weight is 325 g/mol. The Balaban J connectivity index is 2.48. The van der Waals surface area contributed by atoms with Gasteiger partial charge in [-0.15, -0.1) is 23.1 Å². The molecule has 2 rings (SSSR count). The first-order chi connectivity index (χ1) is 9.99. The van der Waals surface area contributed by atoms with Crippen LogP contribution in [0.2, 0.25) is 0 Å². The van der Waals surface area contributed by atoms with Crippen LogP contribution in [0.25, 0.3) is 0 Å². The quantitative estimate of drug-likeness (QED) is 0.484. The number of hydrogen-bond donors (Lipinski definition) is 0. The Labute approximate surface area is 133 Å². The number of fused-ring (bicyclic) bond motifs is 1. The highest BCUT2D eigenvalue weighted by Crippen LogP contribution is 2.39. The Kier molecular flexibility index (Phi) is 5.11. The normalized spacial score (nSPS) is 19.5. The van der Waals surface area contributed by atoms with E-state index < -0.39 is 5.92 Å². The first kappa shape index (κ1) is 16.1. The fourth-order valence-corrected chi connectivity index (χ4v) is 4.19. The van der Waals surface area contributed by atoms with Crippen LogP contribution in [0.4, 0.5) is 0 Å². The van der Waals surface area contributed by atoms with Crippen molar-refractivity contribution >= 4 is 34.9 Å². The van der Waals surface area contributed by atoms with Crippen LogP contribution in [0.1, 0.15) is 22.8 Å². The molecule has 0 spiro atoms. The zero-order chi connectivity index (χ0) is 15.6. The molecule has 1 unspecified atom stereocenters. The summed E-state index contributed by atoms with van der Waals surface area (Å²) in [4.78, 5) is 26.8. The second-order valence-electron chi connectivity index (χ2n) is 5.01. The van der Waals surface area contributed by atoms with Crippen LogP contribution in [0, 0.1) is 5.92 Å². The number of nitrogens with zero attached hydrogens (tertiary/aromatic N) is 1. The molecule has 0 saturated carbocycles. The maximum atomic E-state index is 12.8. The molecule has 0 radical (unpaired) electrons. The summed E-state index contributed by atoms with van der Waals surface area (Å²) in [5, 5.41) is 1.98. The van der Waals surface area contributed by atoms with Crippen molar-refractivity contribution in [3.05, 3.63) is 28.3 Å². The molecular weight excluding hydrogens is 306 g/mol. The number of ketones is 1. The number of carbonyl (C=O) groups is 2. The minimum atomic E-state index is -0.503. The van der Waals surface area contributed by atoms with Crippen LogP contribution in [0.3, 0.4) is 0 Å². The van der Waals surface area contributed by atoms with Crippen LogP contribution >= 0.6 is 23.1 Å². The van der Waals surface area contributed by atoms with E-state index in [1.165, 1.54) is 0 Å². The van der Waals surface area contributed by atoms with Crippen molar-refractivity contribution in [2.24, 2.45) is 5.92 Å². The van der Waals surface area contributed by atoms with Crippen molar-refractivity contribution in [2.45, 2.75) is 17.6 Å². The summed E-state index contributed by atoms with van der Waals surface area (Å²) in [7, 11) is 3.70. The predicted octanol–water partition coefficient (Wildman–Crippen LogP) is 2.83. The molecule has 4 nitrogen and oxygen atoms in total. The molecule has 0 aromatic carbocycles. The second-order valence-corrected chi connectivity index (χ2v) is 6.97. The molecule has 1 atom stereocenters. The van der Waals surface area contributed by atoms with Gasteiger partial charge in [0, 0.05) is 31.4 Å². The van der Waals surface area contributed by atoms with Gasteiger partial charge < -0.3 is 9.64 Å². The molecule has 1 aliphatic carbocycles. The van der Waals surface area contributed by atoms with E-state index in [2.05, 4.69) is 0 Å². The number of thiophene rings is 1. The summed E-state index contributed by atoms with van der Waals surface area (Å²) in [6, 6.07) is 0. The van der Waals surface area contributed by atoms with Crippen molar-refractivity contribution in [3.63, 3.8) is 0 Å². The molecule has 0 saturated heterocycles. The molecule has 0 aliphatic heterocycles. The lowest BCUT2D eigenvalue weighted by Crippen LogP contribution is -2.31. The third-order valence-electron chi connectivity index (χ3n) is 3.28. The van der Waals surface area contributed by atoms with Crippen molar-refractivity contribution in [1.82, 2.24) is 4.90 Å². The summed E-state index contributed by atoms with van der Waals surface area (Å²) in [6.07, 6.45) is 4.25. The standard InChI is InChI=1S/C15H19NO3S2/c1-5-19-14(18)10-6-9-8-21-15(20-4)12(9)13(17)11(10)7-16(2)3/h7-8,10H,5-6H2,1-4H3. The zero-order valence-corrected chi connectivity index (χ0v) is 14.3. The van der Waals surface area contributed by atoms with E-state index in [0.717, 1.165) is 15.3 Å². The fourth-order valence-electron chi connectivity index (χ4n) is 2.42. The van der Waals surface area contributed by atoms with E-state index in [-0.39, 0.29) is 11.8 Å². The average Bonchev–Trinajstić information content (AvgIpc) is 2.84. The third-order valence-corrected chi connectivity index (χ3v) is 5.46. The topological polar surface area (TPSA) is 46.6 Å². The highest BCUT2D eigenvalue weighted by atomic mass is 32.2. The van der Waals surface area contributed by atoms with Crippen molar-refractivity contribution in [2.75, 3.05) is 27.0 Å². The number of Topliss-reactive ketones (excluding diaryl/α,β-unsaturated/α-hetero) is 1. The van der Waals surface area contributed by atoms with Gasteiger partial charge in [-0.05, 0) is 30.5 Å². The van der Waals surface area contributed by atoms with E-state index in [1.807, 2.05) is 25.7 Å². The van der Waals surface area contributed by atoms with Crippen molar-refractivity contribution in [1.29, 1.82) is 0 Å². The number of hydrogen-bond acceptors (Lipinski definition) is 6. The Hall–Kier alpha value is -1.27. The summed E-state index contributed by atoms with van der Waals surface area (Å²) >= 11 is 3.14. The van der Waals surface area contributed by atoms with Gasteiger partial charge in [0.2, 0.25) is 0 Å². The van der Waals surface area contributed by atoms with E-state index in [9.17, 15) is 9.59 Å². The lowest BCUT2D eigenvalue weighted by molar-refractivity contribution is -0.146. The van der Waals surface area contributed by atoms with Gasteiger partial charge in [-0.1, -0.05) is 0 Å². The van der Waals surface area contributed by atoms with Gasteiger partial charge >= 0.3 is 5.97 Å². The Bertz CT molecular complexity index is 590. The van der Waals surface area contributed by atoms with Crippen LogP contribution in [-0.2, 0) is 16.0 Å². The molecule has 6 heteroatoms. The molecule has 0 fully saturated rings. The van der Waals surface area contributed by atoms with Crippen LogP contribution in [-0.4, -0.2) is 43.6 Å². The smallest absolute Gasteiger partial charge is 0.313 e. The number of ether oxygens (including phenoxy) is 1. The number of rotatable bonds is 4. The van der Waals surface area contributed by atoms with Crippen LogP contribution < -0.4 is 0 Å². The lowest BCUT2D eigenvalue weighted by Gasteiger charge is -2.25. The molecule has 0 amide bonds. The SMILES string of the molecule is CCOC(=O)C1Cc2csc(SC)c2C(=O)C1=CN(C)C. The zero-order valence-electron chi connectivity index (χ0n) is 12.6. The van der Waals surface area contributed by atoms with E-state index >= 15 is 0 Å². The predicted molar refractivity (Wildman–Crippen MR) is 86.0 cm³/mol. The Morgan fingerprint density at radius 2 is 2.29 bits per heavy atom. The van der Waals surface area contributed by atoms with Crippen molar-refractivity contribution < 1.29 is 14.3 Å². The minimum Gasteiger partial charge on any atom is -0.466 e. The van der Waals surface area contributed by atoms with Gasteiger partial charge in [0.15, 0.2) is 5.78 Å². The molecule has 1 aromatic rings. The highest BCUT2D eigenvalue weighted by molar-refractivity contribution is 8.00. The maximum absolute atomic E-state index is 12.8. The molecule has 1 heterocycles. The van der Waals surface area contributed by atoms with Crippen LogP contribution in [0.15, 0.2) is 21.4 Å². The molecule has 0 bridgehead atoms. The minimum absolute atomic E-state index is 0.0476. The number of esters is 1. The van der Waals surface area contributed by atoms with Gasteiger partial charge in [-0.2, -0.15) is 0 Å². The first-order valence-corrected chi connectivity index (χ1v) is 8.83. The molecule has 1 aromatic heterocycles. The first-order valence-electron chi connectivity index (χ1n) is 6.73. The molecule has 114 valence electrons. The Morgan fingerprint density at radius 3 is 2.86 bits per heavy atom. The maximum Gasteiger partial charge on any atom is 0.313 e. The lowest BCUT2D eigenvalue weighted by atomic mass is 9.81. The summed E-state index contributed by atoms with van der Waals surface area (Å²) in [5.41, 5.74) is 2.25. The molecule has 21 heavy (non-hydrogen) atoms. The highest BCUT2D eigenvalue weighted by Gasteiger charge is 2.38. The van der Waals surface area contributed by atoms with Crippen LogP contribution in [0.5, 0.6) is 0 Å². The fraction of sp³-hybridized carbons (Fsp3) is 0.467. The summed E-state index contributed by atoms with van der Waals surface area (Å²) in [5.74, 6) is -0.869. The molecule has 0 N–H and O–H groups in total. The monoisotopic (exact) mass is 325 g/mol. The van der Waals surface area contributed by atoms with E-state index in [0.29, 0.717) is 18.6 Å².